The first-order valence-electron chi connectivity index (χ1n) is 9.01. The number of carbonyl (C=O) groups excluding carboxylic acids is 1. The zero-order chi connectivity index (χ0) is 19.8. The zero-order valence-corrected chi connectivity index (χ0v) is 17.1. The van der Waals surface area contributed by atoms with Crippen molar-refractivity contribution in [3.63, 3.8) is 0 Å². The minimum Gasteiger partial charge on any atom is -0.494 e. The lowest BCUT2D eigenvalue weighted by Crippen LogP contribution is -2.20. The maximum absolute atomic E-state index is 12.1. The van der Waals surface area contributed by atoms with Gasteiger partial charge in [0.2, 0.25) is 0 Å². The maximum atomic E-state index is 12.1. The van der Waals surface area contributed by atoms with Crippen molar-refractivity contribution in [2.75, 3.05) is 18.5 Å². The van der Waals surface area contributed by atoms with Crippen LogP contribution in [-0.2, 0) is 4.79 Å². The van der Waals surface area contributed by atoms with E-state index >= 15 is 0 Å². The molecule has 0 aliphatic carbocycles. The van der Waals surface area contributed by atoms with Gasteiger partial charge in [0.25, 0.3) is 5.91 Å². The van der Waals surface area contributed by atoms with Crippen LogP contribution in [0.3, 0.4) is 0 Å². The number of hydrogen-bond donors (Lipinski definition) is 1. The molecule has 0 spiro atoms. The molecule has 1 amide bonds. The summed E-state index contributed by atoms with van der Waals surface area (Å²) in [5.74, 6) is 1.11. The van der Waals surface area contributed by atoms with Crippen LogP contribution in [0.15, 0.2) is 53.9 Å². The molecule has 1 heterocycles. The van der Waals surface area contributed by atoms with E-state index in [4.69, 9.17) is 21.1 Å². The van der Waals surface area contributed by atoms with Gasteiger partial charge in [-0.2, -0.15) is 0 Å². The molecule has 0 saturated carbocycles. The summed E-state index contributed by atoms with van der Waals surface area (Å²) in [5.41, 5.74) is 1.77. The molecule has 0 atom stereocenters. The zero-order valence-electron chi connectivity index (χ0n) is 15.5. The minimum atomic E-state index is -0.277. The van der Waals surface area contributed by atoms with Gasteiger partial charge < -0.3 is 9.47 Å². The van der Waals surface area contributed by atoms with E-state index in [1.807, 2.05) is 29.6 Å². The van der Waals surface area contributed by atoms with Crippen LogP contribution in [0.4, 0.5) is 5.13 Å². The summed E-state index contributed by atoms with van der Waals surface area (Å²) in [4.78, 5) is 16.5. The monoisotopic (exact) mass is 416 g/mol. The quantitative estimate of drug-likeness (QED) is 0.457. The van der Waals surface area contributed by atoms with E-state index in [1.54, 1.807) is 24.3 Å². The van der Waals surface area contributed by atoms with E-state index < -0.39 is 0 Å². The number of aromatic nitrogens is 1. The van der Waals surface area contributed by atoms with Gasteiger partial charge in [-0.3, -0.25) is 10.1 Å². The van der Waals surface area contributed by atoms with Crippen molar-refractivity contribution in [2.45, 2.75) is 19.8 Å². The van der Waals surface area contributed by atoms with E-state index in [2.05, 4.69) is 17.2 Å². The number of rotatable bonds is 9. The Labute approximate surface area is 173 Å². The smallest absolute Gasteiger partial charge is 0.264 e. The van der Waals surface area contributed by atoms with Crippen LogP contribution >= 0.6 is 22.9 Å². The molecule has 7 heteroatoms. The van der Waals surface area contributed by atoms with Crippen molar-refractivity contribution in [2.24, 2.45) is 0 Å². The second-order valence-corrected chi connectivity index (χ2v) is 7.35. The van der Waals surface area contributed by atoms with Crippen LogP contribution in [0.25, 0.3) is 11.3 Å². The first kappa shape index (κ1) is 20.2. The van der Waals surface area contributed by atoms with Crippen molar-refractivity contribution < 1.29 is 14.3 Å². The Morgan fingerprint density at radius 3 is 2.71 bits per heavy atom. The molecule has 3 aromatic rings. The minimum absolute atomic E-state index is 0.112. The van der Waals surface area contributed by atoms with Crippen LogP contribution in [0, 0.1) is 0 Å². The van der Waals surface area contributed by atoms with Crippen molar-refractivity contribution >= 4 is 34.0 Å². The molecule has 0 radical (unpaired) electrons. The molecule has 2 aromatic carbocycles. The first-order chi connectivity index (χ1) is 13.6. The average Bonchev–Trinajstić information content (AvgIpc) is 3.16. The predicted octanol–water partition coefficient (Wildman–Crippen LogP) is 5.66. The topological polar surface area (TPSA) is 60.5 Å². The normalized spacial score (nSPS) is 10.5. The Morgan fingerprint density at radius 2 is 1.96 bits per heavy atom. The number of ether oxygens (including phenoxy) is 2. The Kier molecular flexibility index (Phi) is 7.28. The molecule has 146 valence electrons. The van der Waals surface area contributed by atoms with Crippen LogP contribution in [0.5, 0.6) is 11.5 Å². The van der Waals surface area contributed by atoms with Crippen molar-refractivity contribution in [3.05, 3.63) is 58.9 Å². The van der Waals surface area contributed by atoms with Gasteiger partial charge in [-0.25, -0.2) is 4.98 Å². The Bertz CT molecular complexity index is 912. The number of anilines is 1. The van der Waals surface area contributed by atoms with Gasteiger partial charge in [-0.1, -0.05) is 31.0 Å². The number of hydrogen-bond acceptors (Lipinski definition) is 5. The molecule has 0 aliphatic heterocycles. The van der Waals surface area contributed by atoms with Crippen LogP contribution < -0.4 is 14.8 Å². The van der Waals surface area contributed by atoms with E-state index in [9.17, 15) is 4.79 Å². The third-order valence-electron chi connectivity index (χ3n) is 3.83. The molecule has 1 N–H and O–H groups in total. The van der Waals surface area contributed by atoms with Gasteiger partial charge >= 0.3 is 0 Å². The van der Waals surface area contributed by atoms with Gasteiger partial charge in [-0.05, 0) is 48.9 Å². The van der Waals surface area contributed by atoms with Crippen molar-refractivity contribution in [1.82, 2.24) is 4.98 Å². The lowest BCUT2D eigenvalue weighted by atomic mass is 10.2. The standard InChI is InChI=1S/C21H21ClN2O3S/c1-2-3-11-26-17-9-7-15(8-10-17)19-14-28-21(23-19)24-20(25)13-27-18-6-4-5-16(22)12-18/h4-10,12,14H,2-3,11,13H2,1H3,(H,23,24,25). The third-order valence-corrected chi connectivity index (χ3v) is 4.83. The highest BCUT2D eigenvalue weighted by atomic mass is 35.5. The number of amides is 1. The molecule has 0 fully saturated rings. The summed E-state index contributed by atoms with van der Waals surface area (Å²) in [6.45, 7) is 2.74. The first-order valence-corrected chi connectivity index (χ1v) is 10.3. The van der Waals surface area contributed by atoms with Crippen LogP contribution in [-0.4, -0.2) is 24.1 Å². The molecule has 0 unspecified atom stereocenters. The van der Waals surface area contributed by atoms with Crippen LogP contribution in [0.2, 0.25) is 5.02 Å². The number of nitrogens with one attached hydrogen (secondary N) is 1. The van der Waals surface area contributed by atoms with Crippen molar-refractivity contribution in [1.29, 1.82) is 0 Å². The maximum Gasteiger partial charge on any atom is 0.264 e. The Hall–Kier alpha value is -2.57. The molecule has 5 nitrogen and oxygen atoms in total. The second kappa shape index (κ2) is 10.1. The molecule has 0 saturated heterocycles. The van der Waals surface area contributed by atoms with Gasteiger partial charge in [0.05, 0.1) is 12.3 Å². The lowest BCUT2D eigenvalue weighted by molar-refractivity contribution is -0.118. The molecule has 0 aliphatic rings. The van der Waals surface area contributed by atoms with Gasteiger partial charge in [-0.15, -0.1) is 11.3 Å². The lowest BCUT2D eigenvalue weighted by Gasteiger charge is -2.06. The number of nitrogens with zero attached hydrogens (tertiary/aromatic N) is 1. The van der Waals surface area contributed by atoms with E-state index in [0.717, 1.165) is 36.5 Å². The summed E-state index contributed by atoms with van der Waals surface area (Å²) in [6, 6.07) is 14.7. The molecular weight excluding hydrogens is 396 g/mol. The number of unbranched alkanes of at least 4 members (excludes halogenated alkanes) is 1. The summed E-state index contributed by atoms with van der Waals surface area (Å²) >= 11 is 7.26. The highest BCUT2D eigenvalue weighted by Crippen LogP contribution is 2.26. The predicted molar refractivity (Wildman–Crippen MR) is 114 cm³/mol. The van der Waals surface area contributed by atoms with Gasteiger partial charge in [0.15, 0.2) is 11.7 Å². The number of carbonyl (C=O) groups is 1. The van der Waals surface area contributed by atoms with Gasteiger partial charge in [0, 0.05) is 16.0 Å². The number of benzene rings is 2. The highest BCUT2D eigenvalue weighted by Gasteiger charge is 2.09. The fourth-order valence-electron chi connectivity index (χ4n) is 2.38. The summed E-state index contributed by atoms with van der Waals surface area (Å²) in [7, 11) is 0. The van der Waals surface area contributed by atoms with Crippen LogP contribution in [0.1, 0.15) is 19.8 Å². The fraction of sp³-hybridized carbons (Fsp3) is 0.238. The van der Waals surface area contributed by atoms with E-state index in [0.29, 0.717) is 15.9 Å². The Balaban J connectivity index is 1.52. The SMILES string of the molecule is CCCCOc1ccc(-c2csc(NC(=O)COc3cccc(Cl)c3)n2)cc1. The van der Waals surface area contributed by atoms with E-state index in [-0.39, 0.29) is 12.5 Å². The molecule has 3 rings (SSSR count). The third kappa shape index (κ3) is 5.97. The average molecular weight is 417 g/mol. The largest absolute Gasteiger partial charge is 0.494 e. The molecular formula is C21H21ClN2O3S. The van der Waals surface area contributed by atoms with E-state index in [1.165, 1.54) is 11.3 Å². The summed E-state index contributed by atoms with van der Waals surface area (Å²) < 4.78 is 11.1. The second-order valence-electron chi connectivity index (χ2n) is 6.06. The summed E-state index contributed by atoms with van der Waals surface area (Å²) in [6.07, 6.45) is 2.15. The fourth-order valence-corrected chi connectivity index (χ4v) is 3.30. The van der Waals surface area contributed by atoms with Gasteiger partial charge in [0.1, 0.15) is 11.5 Å². The van der Waals surface area contributed by atoms with Crippen molar-refractivity contribution in [3.8, 4) is 22.8 Å². The summed E-state index contributed by atoms with van der Waals surface area (Å²) in [5, 5.41) is 5.74. The molecule has 0 bridgehead atoms. The molecule has 1 aromatic heterocycles. The number of halogens is 1. The highest BCUT2D eigenvalue weighted by molar-refractivity contribution is 7.14. The molecule has 28 heavy (non-hydrogen) atoms. The number of thiazole rings is 1. The Morgan fingerprint density at radius 1 is 1.14 bits per heavy atom.